The molecule has 1 aliphatic rings. The first-order valence-electron chi connectivity index (χ1n) is 6.13. The maximum absolute atomic E-state index is 9.21. The van der Waals surface area contributed by atoms with Gasteiger partial charge in [-0.2, -0.15) is 0 Å². The van der Waals surface area contributed by atoms with Gasteiger partial charge in [0.2, 0.25) is 0 Å². The highest BCUT2D eigenvalue weighted by atomic mass is 16.3. The summed E-state index contributed by atoms with van der Waals surface area (Å²) in [5, 5.41) is 9.21. The van der Waals surface area contributed by atoms with E-state index in [0.717, 1.165) is 31.7 Å². The third kappa shape index (κ3) is 2.95. The van der Waals surface area contributed by atoms with Gasteiger partial charge in [-0.25, -0.2) is 4.98 Å². The highest BCUT2D eigenvalue weighted by Crippen LogP contribution is 2.18. The van der Waals surface area contributed by atoms with E-state index in [4.69, 9.17) is 0 Å². The number of anilines is 1. The summed E-state index contributed by atoms with van der Waals surface area (Å²) in [7, 11) is 0. The van der Waals surface area contributed by atoms with Crippen LogP contribution in [-0.4, -0.2) is 29.3 Å². The average molecular weight is 220 g/mol. The van der Waals surface area contributed by atoms with Gasteiger partial charge in [-0.3, -0.25) is 0 Å². The standard InChI is InChI=1S/C13H20N2O/c1-11(16)4-5-12-6-7-13(14-10-12)15-8-2-3-9-15/h6-7,10-11,16H,2-5,8-9H2,1H3. The van der Waals surface area contributed by atoms with Crippen LogP contribution in [0.2, 0.25) is 0 Å². The summed E-state index contributed by atoms with van der Waals surface area (Å²) in [6.45, 7) is 4.10. The Morgan fingerprint density at radius 2 is 2.12 bits per heavy atom. The van der Waals surface area contributed by atoms with Crippen LogP contribution in [0.4, 0.5) is 5.82 Å². The molecule has 0 aliphatic carbocycles. The molecule has 1 saturated heterocycles. The van der Waals surface area contributed by atoms with Gasteiger partial charge in [0.05, 0.1) is 6.10 Å². The molecule has 88 valence electrons. The molecule has 1 aliphatic heterocycles. The van der Waals surface area contributed by atoms with Gasteiger partial charge < -0.3 is 10.0 Å². The SMILES string of the molecule is CC(O)CCc1ccc(N2CCCC2)nc1. The molecule has 1 N–H and O–H groups in total. The Bertz CT molecular complexity index is 315. The maximum atomic E-state index is 9.21. The van der Waals surface area contributed by atoms with E-state index in [1.807, 2.05) is 13.1 Å². The smallest absolute Gasteiger partial charge is 0.128 e. The molecule has 3 nitrogen and oxygen atoms in total. The van der Waals surface area contributed by atoms with Crippen LogP contribution in [0, 0.1) is 0 Å². The second-order valence-electron chi connectivity index (χ2n) is 4.61. The van der Waals surface area contributed by atoms with Crippen molar-refractivity contribution in [2.24, 2.45) is 0 Å². The molecular formula is C13H20N2O. The Hall–Kier alpha value is -1.09. The second kappa shape index (κ2) is 5.30. The van der Waals surface area contributed by atoms with Crippen molar-refractivity contribution in [2.75, 3.05) is 18.0 Å². The Kier molecular flexibility index (Phi) is 3.78. The number of nitrogens with zero attached hydrogens (tertiary/aromatic N) is 2. The summed E-state index contributed by atoms with van der Waals surface area (Å²) in [6, 6.07) is 4.23. The summed E-state index contributed by atoms with van der Waals surface area (Å²) >= 11 is 0. The monoisotopic (exact) mass is 220 g/mol. The van der Waals surface area contributed by atoms with Crippen molar-refractivity contribution in [2.45, 2.75) is 38.7 Å². The quantitative estimate of drug-likeness (QED) is 0.843. The molecule has 1 aromatic rings. The molecule has 0 radical (unpaired) electrons. The van der Waals surface area contributed by atoms with Gasteiger partial charge in [-0.1, -0.05) is 6.07 Å². The minimum absolute atomic E-state index is 0.224. The summed E-state index contributed by atoms with van der Waals surface area (Å²) in [6.07, 6.45) is 6.00. The molecular weight excluding hydrogens is 200 g/mol. The van der Waals surface area contributed by atoms with Crippen LogP contribution >= 0.6 is 0 Å². The maximum Gasteiger partial charge on any atom is 0.128 e. The lowest BCUT2D eigenvalue weighted by Crippen LogP contribution is -2.18. The lowest BCUT2D eigenvalue weighted by molar-refractivity contribution is 0.185. The molecule has 2 rings (SSSR count). The Morgan fingerprint density at radius 1 is 1.38 bits per heavy atom. The van der Waals surface area contributed by atoms with Crippen molar-refractivity contribution in [3.05, 3.63) is 23.9 Å². The summed E-state index contributed by atoms with van der Waals surface area (Å²) in [5.74, 6) is 1.10. The van der Waals surface area contributed by atoms with Gasteiger partial charge in [-0.05, 0) is 44.2 Å². The largest absolute Gasteiger partial charge is 0.393 e. The third-order valence-corrected chi connectivity index (χ3v) is 3.09. The zero-order valence-electron chi connectivity index (χ0n) is 9.89. The Morgan fingerprint density at radius 3 is 2.69 bits per heavy atom. The molecule has 1 unspecified atom stereocenters. The molecule has 1 atom stereocenters. The number of aromatic nitrogens is 1. The lowest BCUT2D eigenvalue weighted by Gasteiger charge is -2.16. The molecule has 0 amide bonds. The van der Waals surface area contributed by atoms with Crippen molar-refractivity contribution >= 4 is 5.82 Å². The van der Waals surface area contributed by atoms with E-state index >= 15 is 0 Å². The number of aliphatic hydroxyl groups is 1. The van der Waals surface area contributed by atoms with Crippen LogP contribution < -0.4 is 4.90 Å². The third-order valence-electron chi connectivity index (χ3n) is 3.09. The number of rotatable bonds is 4. The molecule has 0 bridgehead atoms. The fourth-order valence-electron chi connectivity index (χ4n) is 2.07. The van der Waals surface area contributed by atoms with Gasteiger partial charge in [0.1, 0.15) is 5.82 Å². The van der Waals surface area contributed by atoms with E-state index in [2.05, 4.69) is 22.0 Å². The van der Waals surface area contributed by atoms with Crippen LogP contribution in [0.15, 0.2) is 18.3 Å². The van der Waals surface area contributed by atoms with Gasteiger partial charge in [0.15, 0.2) is 0 Å². The fourth-order valence-corrected chi connectivity index (χ4v) is 2.07. The first-order valence-corrected chi connectivity index (χ1v) is 6.13. The number of aliphatic hydroxyl groups excluding tert-OH is 1. The topological polar surface area (TPSA) is 36.4 Å². The van der Waals surface area contributed by atoms with E-state index in [9.17, 15) is 5.11 Å². The summed E-state index contributed by atoms with van der Waals surface area (Å²) < 4.78 is 0. The normalized spacial score (nSPS) is 17.8. The van der Waals surface area contributed by atoms with Crippen molar-refractivity contribution in [3.63, 3.8) is 0 Å². The number of hydrogen-bond acceptors (Lipinski definition) is 3. The second-order valence-corrected chi connectivity index (χ2v) is 4.61. The van der Waals surface area contributed by atoms with Crippen LogP contribution in [0.3, 0.4) is 0 Å². The number of aryl methyl sites for hydroxylation is 1. The molecule has 0 aromatic carbocycles. The average Bonchev–Trinajstić information content (AvgIpc) is 2.80. The number of hydrogen-bond donors (Lipinski definition) is 1. The van der Waals surface area contributed by atoms with Gasteiger partial charge in [0.25, 0.3) is 0 Å². The molecule has 0 saturated carbocycles. The Labute approximate surface area is 97.1 Å². The van der Waals surface area contributed by atoms with E-state index < -0.39 is 0 Å². The minimum atomic E-state index is -0.224. The molecule has 1 aromatic heterocycles. The zero-order chi connectivity index (χ0) is 11.4. The molecule has 2 heterocycles. The predicted molar refractivity (Wildman–Crippen MR) is 65.7 cm³/mol. The zero-order valence-corrected chi connectivity index (χ0v) is 9.89. The van der Waals surface area contributed by atoms with Crippen LogP contribution in [0.25, 0.3) is 0 Å². The lowest BCUT2D eigenvalue weighted by atomic mass is 10.1. The Balaban J connectivity index is 1.93. The van der Waals surface area contributed by atoms with Crippen LogP contribution in [0.5, 0.6) is 0 Å². The highest BCUT2D eigenvalue weighted by molar-refractivity contribution is 5.40. The van der Waals surface area contributed by atoms with Crippen LogP contribution in [0.1, 0.15) is 31.7 Å². The van der Waals surface area contributed by atoms with Crippen LogP contribution in [-0.2, 0) is 6.42 Å². The van der Waals surface area contributed by atoms with E-state index in [-0.39, 0.29) is 6.10 Å². The van der Waals surface area contributed by atoms with E-state index in [1.54, 1.807) is 0 Å². The van der Waals surface area contributed by atoms with Crippen molar-refractivity contribution in [1.29, 1.82) is 0 Å². The molecule has 16 heavy (non-hydrogen) atoms. The summed E-state index contributed by atoms with van der Waals surface area (Å²) in [5.41, 5.74) is 1.21. The minimum Gasteiger partial charge on any atom is -0.393 e. The fraction of sp³-hybridized carbons (Fsp3) is 0.615. The molecule has 1 fully saturated rings. The first-order chi connectivity index (χ1) is 7.75. The predicted octanol–water partition coefficient (Wildman–Crippen LogP) is 2.00. The van der Waals surface area contributed by atoms with E-state index in [0.29, 0.717) is 0 Å². The summed E-state index contributed by atoms with van der Waals surface area (Å²) in [4.78, 5) is 6.81. The van der Waals surface area contributed by atoms with Gasteiger partial charge in [-0.15, -0.1) is 0 Å². The first kappa shape index (κ1) is 11.4. The highest BCUT2D eigenvalue weighted by Gasteiger charge is 2.12. The van der Waals surface area contributed by atoms with Gasteiger partial charge in [0, 0.05) is 19.3 Å². The molecule has 0 spiro atoms. The van der Waals surface area contributed by atoms with E-state index in [1.165, 1.54) is 18.4 Å². The van der Waals surface area contributed by atoms with Crippen molar-refractivity contribution in [3.8, 4) is 0 Å². The van der Waals surface area contributed by atoms with Crippen molar-refractivity contribution < 1.29 is 5.11 Å². The molecule has 3 heteroatoms. The van der Waals surface area contributed by atoms with Crippen molar-refractivity contribution in [1.82, 2.24) is 4.98 Å². The number of pyridine rings is 1. The van der Waals surface area contributed by atoms with Gasteiger partial charge >= 0.3 is 0 Å².